The molecule has 3 aromatic carbocycles. The van der Waals surface area contributed by atoms with Crippen LogP contribution in [0.4, 0.5) is 0 Å². The van der Waals surface area contributed by atoms with Gasteiger partial charge < -0.3 is 9.47 Å². The first-order chi connectivity index (χ1) is 15.7. The largest absolute Gasteiger partial charge is 0.490 e. The second-order valence-corrected chi connectivity index (χ2v) is 9.40. The van der Waals surface area contributed by atoms with E-state index in [4.69, 9.17) is 44.3 Å². The van der Waals surface area contributed by atoms with Crippen LogP contribution in [0.1, 0.15) is 22.8 Å². The van der Waals surface area contributed by atoms with E-state index in [2.05, 4.69) is 9.93 Å². The van der Waals surface area contributed by atoms with Crippen LogP contribution < -0.4 is 14.3 Å². The van der Waals surface area contributed by atoms with Gasteiger partial charge in [0.15, 0.2) is 11.5 Å². The summed E-state index contributed by atoms with van der Waals surface area (Å²) >= 11 is 17.7. The number of hydrogen-bond donors (Lipinski definition) is 1. The summed E-state index contributed by atoms with van der Waals surface area (Å²) in [5, 5.41) is 4.74. The van der Waals surface area contributed by atoms with Crippen LogP contribution in [0.3, 0.4) is 0 Å². The van der Waals surface area contributed by atoms with Crippen LogP contribution in [0, 0.1) is 0 Å². The van der Waals surface area contributed by atoms with Crippen LogP contribution in [0.15, 0.2) is 70.7 Å². The van der Waals surface area contributed by atoms with Crippen molar-refractivity contribution in [3.05, 3.63) is 86.9 Å². The monoisotopic (exact) mass is 526 g/mol. The number of hydrazone groups is 1. The molecule has 0 aromatic heterocycles. The van der Waals surface area contributed by atoms with Crippen molar-refractivity contribution in [2.75, 3.05) is 6.61 Å². The summed E-state index contributed by atoms with van der Waals surface area (Å²) in [7, 11) is -3.86. The summed E-state index contributed by atoms with van der Waals surface area (Å²) in [5.74, 6) is -0.262. The Labute approximate surface area is 205 Å². The molecule has 3 rings (SSSR count). The average molecular weight is 528 g/mol. The standard InChI is InChI=1S/C22H17Cl3N2O5S/c1-2-31-21-11-14(13-26-27-33(29,30)17-7-4-15(23)5-8-17)3-10-20(21)32-22(28)18-9-6-16(24)12-19(18)25/h3-13,27H,2H2,1H3. The highest BCUT2D eigenvalue weighted by molar-refractivity contribution is 7.89. The third-order valence-corrected chi connectivity index (χ3v) is 6.17. The van der Waals surface area contributed by atoms with E-state index in [-0.39, 0.29) is 27.0 Å². The van der Waals surface area contributed by atoms with Crippen molar-refractivity contribution in [2.24, 2.45) is 5.10 Å². The van der Waals surface area contributed by atoms with Gasteiger partial charge in [-0.15, -0.1) is 0 Å². The molecule has 3 aromatic rings. The highest BCUT2D eigenvalue weighted by Gasteiger charge is 2.17. The summed E-state index contributed by atoms with van der Waals surface area (Å²) in [5.41, 5.74) is 0.646. The van der Waals surface area contributed by atoms with Gasteiger partial charge in [0.1, 0.15) is 0 Å². The van der Waals surface area contributed by atoms with E-state index < -0.39 is 16.0 Å². The zero-order chi connectivity index (χ0) is 24.0. The first-order valence-electron chi connectivity index (χ1n) is 9.44. The van der Waals surface area contributed by atoms with Crippen LogP contribution >= 0.6 is 34.8 Å². The molecule has 11 heteroatoms. The van der Waals surface area contributed by atoms with Gasteiger partial charge >= 0.3 is 5.97 Å². The second-order valence-electron chi connectivity index (χ2n) is 6.46. The molecule has 0 atom stereocenters. The van der Waals surface area contributed by atoms with Crippen LogP contribution in [-0.4, -0.2) is 27.2 Å². The number of nitrogens with one attached hydrogen (secondary N) is 1. The second kappa shape index (κ2) is 10.9. The molecule has 0 spiro atoms. The Balaban J connectivity index is 1.76. The minimum Gasteiger partial charge on any atom is -0.490 e. The first kappa shape index (κ1) is 24.9. The van der Waals surface area contributed by atoms with Crippen LogP contribution in [-0.2, 0) is 10.0 Å². The van der Waals surface area contributed by atoms with Crippen molar-refractivity contribution in [3.8, 4) is 11.5 Å². The van der Waals surface area contributed by atoms with Gasteiger partial charge in [0.2, 0.25) is 0 Å². The fourth-order valence-electron chi connectivity index (χ4n) is 2.60. The smallest absolute Gasteiger partial charge is 0.345 e. The summed E-state index contributed by atoms with van der Waals surface area (Å²) < 4.78 is 35.6. The third-order valence-electron chi connectivity index (χ3n) is 4.13. The molecule has 33 heavy (non-hydrogen) atoms. The normalized spacial score (nSPS) is 11.4. The van der Waals surface area contributed by atoms with E-state index >= 15 is 0 Å². The van der Waals surface area contributed by atoms with Crippen molar-refractivity contribution in [2.45, 2.75) is 11.8 Å². The molecule has 1 N–H and O–H groups in total. The minimum absolute atomic E-state index is 0.0159. The first-order valence-corrected chi connectivity index (χ1v) is 12.1. The molecule has 0 aliphatic rings. The van der Waals surface area contributed by atoms with E-state index in [0.29, 0.717) is 22.2 Å². The molecule has 172 valence electrons. The fourth-order valence-corrected chi connectivity index (χ4v) is 4.01. The molecule has 0 heterocycles. The molecule has 0 fully saturated rings. The lowest BCUT2D eigenvalue weighted by Gasteiger charge is -2.12. The third kappa shape index (κ3) is 6.61. The number of nitrogens with zero attached hydrogens (tertiary/aromatic N) is 1. The molecule has 7 nitrogen and oxygen atoms in total. The Hall–Kier alpha value is -2.78. The zero-order valence-corrected chi connectivity index (χ0v) is 20.2. The molecule has 0 radical (unpaired) electrons. The van der Waals surface area contributed by atoms with Gasteiger partial charge in [0.25, 0.3) is 10.0 Å². The molecule has 0 amide bonds. The quantitative estimate of drug-likeness (QED) is 0.179. The van der Waals surface area contributed by atoms with E-state index in [9.17, 15) is 13.2 Å². The molecule has 0 unspecified atom stereocenters. The highest BCUT2D eigenvalue weighted by Crippen LogP contribution is 2.30. The lowest BCUT2D eigenvalue weighted by Crippen LogP contribution is -2.18. The molecule has 0 saturated carbocycles. The Morgan fingerprint density at radius 2 is 1.67 bits per heavy atom. The summed E-state index contributed by atoms with van der Waals surface area (Å²) in [4.78, 5) is 14.6. The van der Waals surface area contributed by atoms with Gasteiger partial charge in [-0.2, -0.15) is 13.5 Å². The Morgan fingerprint density at radius 3 is 2.33 bits per heavy atom. The highest BCUT2D eigenvalue weighted by atomic mass is 35.5. The predicted octanol–water partition coefficient (Wildman–Crippen LogP) is 5.58. The summed E-state index contributed by atoms with van der Waals surface area (Å²) in [6.45, 7) is 2.07. The molecular formula is C22H17Cl3N2O5S. The van der Waals surface area contributed by atoms with Crippen LogP contribution in [0.25, 0.3) is 0 Å². The van der Waals surface area contributed by atoms with Crippen LogP contribution in [0.2, 0.25) is 15.1 Å². The minimum atomic E-state index is -3.86. The molecular weight excluding hydrogens is 511 g/mol. The molecule has 0 aliphatic carbocycles. The number of benzene rings is 3. The number of sulfonamides is 1. The SMILES string of the molecule is CCOc1cc(C=NNS(=O)(=O)c2ccc(Cl)cc2)ccc1OC(=O)c1ccc(Cl)cc1Cl. The van der Waals surface area contributed by atoms with Crippen molar-refractivity contribution in [3.63, 3.8) is 0 Å². The molecule has 0 bridgehead atoms. The van der Waals surface area contributed by atoms with Crippen molar-refractivity contribution in [1.29, 1.82) is 0 Å². The van der Waals surface area contributed by atoms with Gasteiger partial charge in [-0.25, -0.2) is 9.63 Å². The van der Waals surface area contributed by atoms with Crippen molar-refractivity contribution in [1.82, 2.24) is 4.83 Å². The van der Waals surface area contributed by atoms with Gasteiger partial charge in [-0.1, -0.05) is 34.8 Å². The number of carbonyl (C=O) groups excluding carboxylic acids is 1. The van der Waals surface area contributed by atoms with Gasteiger partial charge in [-0.3, -0.25) is 0 Å². The summed E-state index contributed by atoms with van der Waals surface area (Å²) in [6.07, 6.45) is 1.29. The topological polar surface area (TPSA) is 94.1 Å². The van der Waals surface area contributed by atoms with Crippen LogP contribution in [0.5, 0.6) is 11.5 Å². The summed E-state index contributed by atoms with van der Waals surface area (Å²) in [6, 6.07) is 14.7. The Morgan fingerprint density at radius 1 is 0.970 bits per heavy atom. The number of hydrogen-bond acceptors (Lipinski definition) is 6. The average Bonchev–Trinajstić information content (AvgIpc) is 2.75. The lowest BCUT2D eigenvalue weighted by atomic mass is 10.2. The molecule has 0 saturated heterocycles. The zero-order valence-electron chi connectivity index (χ0n) is 17.1. The van der Waals surface area contributed by atoms with Gasteiger partial charge in [0.05, 0.1) is 28.3 Å². The van der Waals surface area contributed by atoms with Crippen molar-refractivity contribution < 1.29 is 22.7 Å². The maximum absolute atomic E-state index is 12.5. The van der Waals surface area contributed by atoms with E-state index in [1.54, 1.807) is 19.1 Å². The van der Waals surface area contributed by atoms with Gasteiger partial charge in [0, 0.05) is 10.0 Å². The van der Waals surface area contributed by atoms with E-state index in [0.717, 1.165) is 0 Å². The van der Waals surface area contributed by atoms with E-state index in [1.165, 1.54) is 54.7 Å². The Bertz CT molecular complexity index is 1300. The van der Waals surface area contributed by atoms with Gasteiger partial charge in [-0.05, 0) is 73.2 Å². The number of carbonyl (C=O) groups is 1. The lowest BCUT2D eigenvalue weighted by molar-refractivity contribution is 0.0728. The number of ether oxygens (including phenoxy) is 2. The maximum atomic E-state index is 12.5. The maximum Gasteiger partial charge on any atom is 0.345 e. The molecule has 0 aliphatic heterocycles. The van der Waals surface area contributed by atoms with Crippen molar-refractivity contribution >= 4 is 57.0 Å². The Kier molecular flexibility index (Phi) is 8.20. The number of halogens is 3. The van der Waals surface area contributed by atoms with E-state index in [1.807, 2.05) is 0 Å². The number of esters is 1. The predicted molar refractivity (Wildman–Crippen MR) is 128 cm³/mol. The number of rotatable bonds is 8. The fraction of sp³-hybridized carbons (Fsp3) is 0.0909.